The molecular formula is C21H27N7O3. The number of aromatic nitrogens is 1. The molecule has 164 valence electrons. The first kappa shape index (κ1) is 21.0. The smallest absolute Gasteiger partial charge is 0.406 e. The third kappa shape index (κ3) is 5.28. The number of morpholine rings is 1. The Balaban J connectivity index is 1.38. The minimum absolute atomic E-state index is 0.0349. The van der Waals surface area contributed by atoms with Gasteiger partial charge < -0.3 is 25.8 Å². The molecule has 2 fully saturated rings. The quantitative estimate of drug-likeness (QED) is 0.720. The van der Waals surface area contributed by atoms with Crippen LogP contribution in [0.3, 0.4) is 0 Å². The van der Waals surface area contributed by atoms with Gasteiger partial charge in [0, 0.05) is 38.3 Å². The normalized spacial score (nSPS) is 18.4. The third-order valence-corrected chi connectivity index (χ3v) is 5.54. The molecule has 3 heterocycles. The van der Waals surface area contributed by atoms with E-state index in [1.807, 2.05) is 30.3 Å². The molecule has 2 aromatic rings. The van der Waals surface area contributed by atoms with Crippen molar-refractivity contribution < 1.29 is 14.3 Å². The van der Waals surface area contributed by atoms with E-state index in [1.165, 1.54) is 6.07 Å². The van der Waals surface area contributed by atoms with Crippen LogP contribution in [0.4, 0.5) is 27.8 Å². The van der Waals surface area contributed by atoms with Gasteiger partial charge in [0.1, 0.15) is 5.69 Å². The number of nitrogens with zero attached hydrogens (tertiary/aromatic N) is 5. The highest BCUT2D eigenvalue weighted by Gasteiger charge is 2.29. The molecule has 0 radical (unpaired) electrons. The molecule has 10 nitrogen and oxygen atoms in total. The summed E-state index contributed by atoms with van der Waals surface area (Å²) in [5.74, 6) is 0.271. The predicted molar refractivity (Wildman–Crippen MR) is 117 cm³/mol. The lowest BCUT2D eigenvalue weighted by molar-refractivity contribution is 0.00235. The first-order chi connectivity index (χ1) is 15.1. The van der Waals surface area contributed by atoms with Gasteiger partial charge in [0.05, 0.1) is 18.9 Å². The van der Waals surface area contributed by atoms with Crippen molar-refractivity contribution in [2.24, 2.45) is 10.2 Å². The fourth-order valence-corrected chi connectivity index (χ4v) is 3.80. The summed E-state index contributed by atoms with van der Waals surface area (Å²) in [4.78, 5) is 20.9. The Kier molecular flexibility index (Phi) is 6.58. The molecule has 0 aliphatic carbocycles. The van der Waals surface area contributed by atoms with Crippen LogP contribution in [0.25, 0.3) is 0 Å². The van der Waals surface area contributed by atoms with Crippen molar-refractivity contribution in [2.75, 3.05) is 50.9 Å². The fraction of sp³-hybridized carbons (Fsp3) is 0.429. The molecule has 0 bridgehead atoms. The van der Waals surface area contributed by atoms with E-state index < -0.39 is 6.09 Å². The summed E-state index contributed by atoms with van der Waals surface area (Å²) in [6.45, 7) is 4.70. The first-order valence-corrected chi connectivity index (χ1v) is 10.4. The summed E-state index contributed by atoms with van der Waals surface area (Å²) in [5.41, 5.74) is 12.8. The maximum Gasteiger partial charge on any atom is 0.415 e. The molecule has 10 heteroatoms. The first-order valence-electron chi connectivity index (χ1n) is 10.4. The van der Waals surface area contributed by atoms with Gasteiger partial charge in [-0.15, -0.1) is 5.11 Å². The summed E-state index contributed by atoms with van der Waals surface area (Å²) in [5, 5.41) is 8.25. The number of nitrogen functional groups attached to an aromatic ring is 2. The van der Waals surface area contributed by atoms with E-state index in [0.29, 0.717) is 24.8 Å². The SMILES string of the molecule is Nc1nc(N)c(OC(=O)N2CCC(N3CCOCC3)CC2)cc1/N=N/c1ccccc1. The number of nitrogens with two attached hydrogens (primary N) is 2. The number of ether oxygens (including phenoxy) is 2. The van der Waals surface area contributed by atoms with E-state index in [0.717, 1.165) is 39.1 Å². The predicted octanol–water partition coefficient (Wildman–Crippen LogP) is 2.96. The number of carbonyl (C=O) groups excluding carboxylic acids is 1. The standard InChI is InChI=1S/C21H27N7O3/c22-19-17(26-25-15-4-2-1-3-5-15)14-18(20(23)24-19)31-21(29)28-8-6-16(7-9-28)27-10-12-30-13-11-27/h1-5,14,16H,6-13H2,(H4,22,23,24)/b26-25+. The van der Waals surface area contributed by atoms with Crippen molar-refractivity contribution >= 4 is 29.1 Å². The molecule has 0 unspecified atom stereocenters. The molecule has 4 rings (SSSR count). The van der Waals surface area contributed by atoms with Gasteiger partial charge in [-0.05, 0) is 25.0 Å². The number of carbonyl (C=O) groups is 1. The maximum absolute atomic E-state index is 12.7. The minimum Gasteiger partial charge on any atom is -0.406 e. The van der Waals surface area contributed by atoms with Crippen molar-refractivity contribution in [3.63, 3.8) is 0 Å². The Morgan fingerprint density at radius 3 is 2.45 bits per heavy atom. The Labute approximate surface area is 180 Å². The number of anilines is 2. The van der Waals surface area contributed by atoms with E-state index in [-0.39, 0.29) is 23.1 Å². The van der Waals surface area contributed by atoms with Gasteiger partial charge >= 0.3 is 6.09 Å². The number of hydrogen-bond donors (Lipinski definition) is 2. The Hall–Kier alpha value is -3.24. The highest BCUT2D eigenvalue weighted by atomic mass is 16.6. The van der Waals surface area contributed by atoms with Gasteiger partial charge in [-0.2, -0.15) is 5.11 Å². The average molecular weight is 425 g/mol. The number of rotatable bonds is 4. The topological polar surface area (TPSA) is 132 Å². The van der Waals surface area contributed by atoms with E-state index in [2.05, 4.69) is 20.1 Å². The van der Waals surface area contributed by atoms with Crippen LogP contribution in [-0.4, -0.2) is 66.3 Å². The molecule has 31 heavy (non-hydrogen) atoms. The molecule has 0 atom stereocenters. The summed E-state index contributed by atoms with van der Waals surface area (Å²) in [7, 11) is 0. The van der Waals surface area contributed by atoms with E-state index in [1.54, 1.807) is 4.90 Å². The number of hydrogen-bond acceptors (Lipinski definition) is 9. The molecule has 2 aliphatic heterocycles. The van der Waals surface area contributed by atoms with Crippen molar-refractivity contribution in [1.29, 1.82) is 0 Å². The van der Waals surface area contributed by atoms with Crippen molar-refractivity contribution in [2.45, 2.75) is 18.9 Å². The van der Waals surface area contributed by atoms with Gasteiger partial charge in [0.25, 0.3) is 0 Å². The van der Waals surface area contributed by atoms with Crippen molar-refractivity contribution in [3.8, 4) is 5.75 Å². The van der Waals surface area contributed by atoms with Crippen LogP contribution >= 0.6 is 0 Å². The highest BCUT2D eigenvalue weighted by molar-refractivity contribution is 5.75. The monoisotopic (exact) mass is 425 g/mol. The lowest BCUT2D eigenvalue weighted by Gasteiger charge is -2.39. The van der Waals surface area contributed by atoms with Crippen LogP contribution in [0.15, 0.2) is 46.6 Å². The lowest BCUT2D eigenvalue weighted by Crippen LogP contribution is -2.50. The second kappa shape index (κ2) is 9.71. The van der Waals surface area contributed by atoms with E-state index in [4.69, 9.17) is 20.9 Å². The molecule has 1 amide bonds. The molecule has 1 aromatic carbocycles. The van der Waals surface area contributed by atoms with Crippen LogP contribution < -0.4 is 16.2 Å². The lowest BCUT2D eigenvalue weighted by atomic mass is 10.0. The Morgan fingerprint density at radius 1 is 1.03 bits per heavy atom. The van der Waals surface area contributed by atoms with Crippen LogP contribution in [-0.2, 0) is 4.74 Å². The Bertz CT molecular complexity index is 924. The molecule has 2 aliphatic rings. The number of benzene rings is 1. The van der Waals surface area contributed by atoms with Gasteiger partial charge in [-0.1, -0.05) is 18.2 Å². The molecule has 1 aromatic heterocycles. The second-order valence-electron chi connectivity index (χ2n) is 7.55. The molecule has 4 N–H and O–H groups in total. The largest absolute Gasteiger partial charge is 0.415 e. The Morgan fingerprint density at radius 2 is 1.74 bits per heavy atom. The number of azo groups is 1. The molecular weight excluding hydrogens is 398 g/mol. The number of piperidine rings is 1. The van der Waals surface area contributed by atoms with Crippen LogP contribution in [0.1, 0.15) is 12.8 Å². The minimum atomic E-state index is -0.454. The molecule has 0 spiro atoms. The zero-order valence-electron chi connectivity index (χ0n) is 17.3. The van der Waals surface area contributed by atoms with Crippen LogP contribution in [0.5, 0.6) is 5.75 Å². The molecule has 2 saturated heterocycles. The zero-order chi connectivity index (χ0) is 21.6. The molecule has 0 saturated carbocycles. The zero-order valence-corrected chi connectivity index (χ0v) is 17.3. The summed E-state index contributed by atoms with van der Waals surface area (Å²) in [6.07, 6.45) is 1.35. The van der Waals surface area contributed by atoms with Crippen molar-refractivity contribution in [1.82, 2.24) is 14.8 Å². The summed E-state index contributed by atoms with van der Waals surface area (Å²) in [6, 6.07) is 11.2. The van der Waals surface area contributed by atoms with Gasteiger partial charge in [0.2, 0.25) is 0 Å². The third-order valence-electron chi connectivity index (χ3n) is 5.54. The maximum atomic E-state index is 12.7. The fourth-order valence-electron chi connectivity index (χ4n) is 3.80. The van der Waals surface area contributed by atoms with E-state index >= 15 is 0 Å². The van der Waals surface area contributed by atoms with Crippen LogP contribution in [0, 0.1) is 0 Å². The van der Waals surface area contributed by atoms with Gasteiger partial charge in [-0.3, -0.25) is 4.90 Å². The number of pyridine rings is 1. The average Bonchev–Trinajstić information content (AvgIpc) is 2.81. The van der Waals surface area contributed by atoms with E-state index in [9.17, 15) is 4.79 Å². The van der Waals surface area contributed by atoms with Gasteiger partial charge in [0.15, 0.2) is 17.4 Å². The second-order valence-corrected chi connectivity index (χ2v) is 7.55. The summed E-state index contributed by atoms with van der Waals surface area (Å²) < 4.78 is 10.9. The highest BCUT2D eigenvalue weighted by Crippen LogP contribution is 2.32. The number of likely N-dealkylation sites (tertiary alicyclic amines) is 1. The number of amides is 1. The van der Waals surface area contributed by atoms with Crippen LogP contribution in [0.2, 0.25) is 0 Å². The summed E-state index contributed by atoms with van der Waals surface area (Å²) >= 11 is 0. The van der Waals surface area contributed by atoms with Crippen molar-refractivity contribution in [3.05, 3.63) is 36.4 Å². The van der Waals surface area contributed by atoms with Gasteiger partial charge in [-0.25, -0.2) is 9.78 Å².